The number of nitriles is 1. The molecule has 3 aliphatic rings. The molecule has 0 saturated carbocycles. The molecule has 0 radical (unpaired) electrons. The third-order valence-corrected chi connectivity index (χ3v) is 7.52. The van der Waals surface area contributed by atoms with Crippen LogP contribution in [0.15, 0.2) is 42.4 Å². The lowest BCUT2D eigenvalue weighted by Gasteiger charge is -2.29. The van der Waals surface area contributed by atoms with Gasteiger partial charge in [-0.15, -0.1) is 0 Å². The fourth-order valence-electron chi connectivity index (χ4n) is 5.32. The lowest BCUT2D eigenvalue weighted by molar-refractivity contribution is 0.0565. The van der Waals surface area contributed by atoms with Crippen LogP contribution in [-0.4, -0.2) is 67.4 Å². The maximum atomic E-state index is 15.1. The second-order valence-corrected chi connectivity index (χ2v) is 10.2. The molecule has 2 saturated heterocycles. The molecule has 5 rings (SSSR count). The van der Waals surface area contributed by atoms with Gasteiger partial charge in [-0.1, -0.05) is 12.1 Å². The SMILES string of the molecule is C/C(=C\C=C(/CC#N)OC1CCN(C)CC1)c1ncnc2c1CC(c1ccc(N3CCOCC3)c(F)c1)N2. The fraction of sp³-hybridized carbons (Fsp3) is 0.483. The molecular weight excluding hydrogens is 483 g/mol. The molecule has 2 aromatic rings. The van der Waals surface area contributed by atoms with E-state index in [9.17, 15) is 5.26 Å². The Hall–Kier alpha value is -3.48. The maximum absolute atomic E-state index is 15.1. The summed E-state index contributed by atoms with van der Waals surface area (Å²) in [5.41, 5.74) is 4.32. The number of hydrogen-bond acceptors (Lipinski definition) is 8. The fourth-order valence-corrected chi connectivity index (χ4v) is 5.32. The number of hydrogen-bond donors (Lipinski definition) is 1. The van der Waals surface area contributed by atoms with Gasteiger partial charge in [0.15, 0.2) is 0 Å². The van der Waals surface area contributed by atoms with E-state index in [0.29, 0.717) is 44.2 Å². The van der Waals surface area contributed by atoms with E-state index in [1.165, 1.54) is 0 Å². The van der Waals surface area contributed by atoms with Crippen LogP contribution in [0.5, 0.6) is 0 Å². The van der Waals surface area contributed by atoms with E-state index in [1.807, 2.05) is 36.1 Å². The summed E-state index contributed by atoms with van der Waals surface area (Å²) in [7, 11) is 2.12. The number of anilines is 2. The molecule has 200 valence electrons. The Morgan fingerprint density at radius 2 is 2.00 bits per heavy atom. The molecule has 0 bridgehead atoms. The number of rotatable bonds is 7. The van der Waals surface area contributed by atoms with Gasteiger partial charge < -0.3 is 24.6 Å². The third-order valence-electron chi connectivity index (χ3n) is 7.52. The summed E-state index contributed by atoms with van der Waals surface area (Å²) in [6.07, 6.45) is 8.37. The van der Waals surface area contributed by atoms with Gasteiger partial charge in [-0.25, -0.2) is 14.4 Å². The van der Waals surface area contributed by atoms with E-state index in [1.54, 1.807) is 12.4 Å². The normalized spacial score (nSPS) is 21.1. The van der Waals surface area contributed by atoms with Gasteiger partial charge in [0.1, 0.15) is 29.8 Å². The number of ether oxygens (including phenoxy) is 2. The van der Waals surface area contributed by atoms with Crippen molar-refractivity contribution >= 4 is 17.1 Å². The number of allylic oxidation sites excluding steroid dienone is 4. The monoisotopic (exact) mass is 518 g/mol. The minimum atomic E-state index is -0.218. The standard InChI is InChI=1S/C29H35FN6O2/c1-20(3-5-22(7-10-31)38-23-8-11-35(2)12-9-23)28-24-18-26(34-29(24)33-19-32-28)21-4-6-27(25(30)17-21)36-13-15-37-16-14-36/h3-6,17,19,23,26H,7-9,11-16,18H2,1-2H3,(H,32,33,34)/b20-3+,22-5+. The van der Waals surface area contributed by atoms with Crippen LogP contribution < -0.4 is 10.2 Å². The van der Waals surface area contributed by atoms with Gasteiger partial charge in [0.2, 0.25) is 0 Å². The number of nitrogens with zero attached hydrogens (tertiary/aromatic N) is 5. The predicted molar refractivity (Wildman–Crippen MR) is 145 cm³/mol. The summed E-state index contributed by atoms with van der Waals surface area (Å²) in [5, 5.41) is 12.8. The Bertz CT molecular complexity index is 1240. The number of likely N-dealkylation sites (tertiary alicyclic amines) is 1. The average molecular weight is 519 g/mol. The minimum Gasteiger partial charge on any atom is -0.494 e. The highest BCUT2D eigenvalue weighted by molar-refractivity contribution is 5.71. The van der Waals surface area contributed by atoms with Crippen LogP contribution in [-0.2, 0) is 15.9 Å². The zero-order valence-corrected chi connectivity index (χ0v) is 22.1. The summed E-state index contributed by atoms with van der Waals surface area (Å²) in [5.74, 6) is 1.23. The molecule has 0 amide bonds. The molecule has 3 aliphatic heterocycles. The summed E-state index contributed by atoms with van der Waals surface area (Å²) in [4.78, 5) is 13.3. The highest BCUT2D eigenvalue weighted by Crippen LogP contribution is 2.37. The molecular formula is C29H35FN6O2. The number of nitrogens with one attached hydrogen (secondary N) is 1. The van der Waals surface area contributed by atoms with Crippen LogP contribution in [0.4, 0.5) is 15.9 Å². The van der Waals surface area contributed by atoms with Crippen LogP contribution >= 0.6 is 0 Å². The van der Waals surface area contributed by atoms with Crippen LogP contribution in [0, 0.1) is 17.1 Å². The molecule has 1 N–H and O–H groups in total. The van der Waals surface area contributed by atoms with Crippen molar-refractivity contribution in [2.75, 3.05) is 56.7 Å². The van der Waals surface area contributed by atoms with Crippen molar-refractivity contribution < 1.29 is 13.9 Å². The first-order chi connectivity index (χ1) is 18.5. The van der Waals surface area contributed by atoms with Crippen molar-refractivity contribution in [2.45, 2.75) is 44.8 Å². The first kappa shape index (κ1) is 26.1. The van der Waals surface area contributed by atoms with E-state index in [4.69, 9.17) is 9.47 Å². The van der Waals surface area contributed by atoms with Gasteiger partial charge >= 0.3 is 0 Å². The van der Waals surface area contributed by atoms with Crippen LogP contribution in [0.1, 0.15) is 49.0 Å². The number of halogens is 1. The van der Waals surface area contributed by atoms with Gasteiger partial charge in [-0.05, 0) is 56.2 Å². The van der Waals surface area contributed by atoms with Gasteiger partial charge in [0, 0.05) is 38.2 Å². The Morgan fingerprint density at radius 1 is 1.21 bits per heavy atom. The smallest absolute Gasteiger partial charge is 0.146 e. The zero-order valence-electron chi connectivity index (χ0n) is 22.1. The van der Waals surface area contributed by atoms with Crippen LogP contribution in [0.2, 0.25) is 0 Å². The second-order valence-electron chi connectivity index (χ2n) is 10.2. The van der Waals surface area contributed by atoms with E-state index in [-0.39, 0.29) is 24.4 Å². The first-order valence-corrected chi connectivity index (χ1v) is 13.3. The van der Waals surface area contributed by atoms with E-state index in [0.717, 1.165) is 54.1 Å². The summed E-state index contributed by atoms with van der Waals surface area (Å²) in [6, 6.07) is 7.61. The largest absolute Gasteiger partial charge is 0.494 e. The molecule has 4 heterocycles. The van der Waals surface area contributed by atoms with Crippen molar-refractivity contribution in [3.8, 4) is 6.07 Å². The first-order valence-electron chi connectivity index (χ1n) is 13.3. The van der Waals surface area contributed by atoms with Crippen LogP contribution in [0.3, 0.4) is 0 Å². The van der Waals surface area contributed by atoms with Crippen molar-refractivity contribution in [3.05, 3.63) is 65.1 Å². The molecule has 8 nitrogen and oxygen atoms in total. The number of morpholine rings is 1. The zero-order chi connectivity index (χ0) is 26.5. The summed E-state index contributed by atoms with van der Waals surface area (Å²) >= 11 is 0. The van der Waals surface area contributed by atoms with Crippen molar-refractivity contribution in [3.63, 3.8) is 0 Å². The number of piperidine rings is 1. The molecule has 2 fully saturated rings. The van der Waals surface area contributed by atoms with E-state index < -0.39 is 0 Å². The molecule has 1 atom stereocenters. The molecule has 0 spiro atoms. The van der Waals surface area contributed by atoms with Gasteiger partial charge in [-0.3, -0.25) is 0 Å². The lowest BCUT2D eigenvalue weighted by atomic mass is 9.99. The van der Waals surface area contributed by atoms with Gasteiger partial charge in [0.05, 0.1) is 43.1 Å². The van der Waals surface area contributed by atoms with Crippen molar-refractivity contribution in [1.29, 1.82) is 5.26 Å². The highest BCUT2D eigenvalue weighted by Gasteiger charge is 2.28. The average Bonchev–Trinajstić information content (AvgIpc) is 3.38. The quantitative estimate of drug-likeness (QED) is 0.424. The lowest BCUT2D eigenvalue weighted by Crippen LogP contribution is -2.36. The number of aromatic nitrogens is 2. The molecule has 0 aliphatic carbocycles. The Labute approximate surface area is 223 Å². The van der Waals surface area contributed by atoms with Gasteiger partial charge in [-0.2, -0.15) is 5.26 Å². The Balaban J connectivity index is 1.30. The van der Waals surface area contributed by atoms with Crippen LogP contribution in [0.25, 0.3) is 5.57 Å². The van der Waals surface area contributed by atoms with Crippen molar-refractivity contribution in [1.82, 2.24) is 14.9 Å². The predicted octanol–water partition coefficient (Wildman–Crippen LogP) is 4.47. The molecule has 1 aromatic carbocycles. The highest BCUT2D eigenvalue weighted by atomic mass is 19.1. The molecule has 38 heavy (non-hydrogen) atoms. The van der Waals surface area contributed by atoms with E-state index >= 15 is 4.39 Å². The molecule has 1 unspecified atom stereocenters. The third kappa shape index (κ3) is 5.98. The Morgan fingerprint density at radius 3 is 2.74 bits per heavy atom. The number of benzene rings is 1. The number of fused-ring (bicyclic) bond motifs is 1. The topological polar surface area (TPSA) is 86.5 Å². The summed E-state index contributed by atoms with van der Waals surface area (Å²) < 4.78 is 26.6. The van der Waals surface area contributed by atoms with Crippen molar-refractivity contribution in [2.24, 2.45) is 0 Å². The Kier molecular flexibility index (Phi) is 8.20. The molecule has 9 heteroatoms. The summed E-state index contributed by atoms with van der Waals surface area (Å²) in [6.45, 7) is 6.63. The molecule has 1 aromatic heterocycles. The van der Waals surface area contributed by atoms with Gasteiger partial charge in [0.25, 0.3) is 0 Å². The minimum absolute atomic E-state index is 0.0843. The maximum Gasteiger partial charge on any atom is 0.146 e. The van der Waals surface area contributed by atoms with E-state index in [2.05, 4.69) is 33.3 Å². The second kappa shape index (κ2) is 11.9.